The Balaban J connectivity index is 1.61. The van der Waals surface area contributed by atoms with Crippen LogP contribution in [-0.2, 0) is 14.8 Å². The van der Waals surface area contributed by atoms with Gasteiger partial charge in [0.2, 0.25) is 0 Å². The Bertz CT molecular complexity index is 1560. The van der Waals surface area contributed by atoms with Crippen molar-refractivity contribution in [3.8, 4) is 5.75 Å². The number of hydrogen-bond acceptors (Lipinski definition) is 6. The molecule has 2 heterocycles. The molecule has 5 rings (SSSR count). The number of rotatable bonds is 4. The van der Waals surface area contributed by atoms with Crippen molar-refractivity contribution >= 4 is 38.5 Å². The van der Waals surface area contributed by atoms with Crippen LogP contribution in [0.3, 0.4) is 0 Å². The molecule has 178 valence electrons. The average molecular weight is 491 g/mol. The van der Waals surface area contributed by atoms with Crippen molar-refractivity contribution in [1.29, 1.82) is 0 Å². The molecule has 1 aromatic heterocycles. The van der Waals surface area contributed by atoms with Gasteiger partial charge in [-0.05, 0) is 42.8 Å². The largest absolute Gasteiger partial charge is 0.476 e. The average Bonchev–Trinajstić information content (AvgIpc) is 3.27. The first kappa shape index (κ1) is 22.7. The molecule has 1 unspecified atom stereocenters. The van der Waals surface area contributed by atoms with Gasteiger partial charge in [-0.15, -0.1) is 0 Å². The standard InChI is InChI=1S/C26H22N2O6S/c1-17-12-13-22-23(14-17)34-24(16-28(22)35(31,32)18-8-4-3-5-9-18)25(29)27-15-20(26(30)33-2)19-10-6-7-11-21(19)27/h3-15,24H,16H2,1-2H3. The Kier molecular flexibility index (Phi) is 5.56. The van der Waals surface area contributed by atoms with Crippen LogP contribution in [-0.4, -0.2) is 44.6 Å². The Hall–Kier alpha value is -4.11. The lowest BCUT2D eigenvalue weighted by atomic mass is 10.1. The first-order valence-corrected chi connectivity index (χ1v) is 12.3. The van der Waals surface area contributed by atoms with Crippen LogP contribution >= 0.6 is 0 Å². The molecule has 0 aliphatic carbocycles. The number of nitrogens with zero attached hydrogens (tertiary/aromatic N) is 2. The second kappa shape index (κ2) is 8.59. The van der Waals surface area contributed by atoms with E-state index in [4.69, 9.17) is 9.47 Å². The monoisotopic (exact) mass is 490 g/mol. The van der Waals surface area contributed by atoms with Crippen LogP contribution in [0.5, 0.6) is 5.75 Å². The summed E-state index contributed by atoms with van der Waals surface area (Å²) >= 11 is 0. The molecule has 0 radical (unpaired) electrons. The molecule has 0 fully saturated rings. The Labute approximate surface area is 202 Å². The highest BCUT2D eigenvalue weighted by molar-refractivity contribution is 7.92. The van der Waals surface area contributed by atoms with Gasteiger partial charge in [0, 0.05) is 11.6 Å². The fraction of sp³-hybridized carbons (Fsp3) is 0.154. The molecule has 8 nitrogen and oxygen atoms in total. The molecule has 35 heavy (non-hydrogen) atoms. The number of benzene rings is 3. The zero-order chi connectivity index (χ0) is 24.7. The zero-order valence-electron chi connectivity index (χ0n) is 19.0. The Morgan fingerprint density at radius 1 is 1.00 bits per heavy atom. The number of anilines is 1. The maximum absolute atomic E-state index is 13.7. The predicted molar refractivity (Wildman–Crippen MR) is 130 cm³/mol. The van der Waals surface area contributed by atoms with Crippen molar-refractivity contribution in [2.75, 3.05) is 18.0 Å². The van der Waals surface area contributed by atoms with Crippen LogP contribution < -0.4 is 9.04 Å². The topological polar surface area (TPSA) is 94.9 Å². The summed E-state index contributed by atoms with van der Waals surface area (Å²) < 4.78 is 40.6. The third-order valence-corrected chi connectivity index (χ3v) is 7.74. The van der Waals surface area contributed by atoms with E-state index < -0.39 is 28.0 Å². The molecule has 0 amide bonds. The maximum atomic E-state index is 13.7. The van der Waals surface area contributed by atoms with Crippen molar-refractivity contribution < 1.29 is 27.5 Å². The number of aryl methyl sites for hydroxylation is 1. The summed E-state index contributed by atoms with van der Waals surface area (Å²) in [6, 6.07) is 20.2. The Morgan fingerprint density at radius 2 is 1.71 bits per heavy atom. The number of carbonyl (C=O) groups is 2. The lowest BCUT2D eigenvalue weighted by molar-refractivity contribution is 0.0602. The second-order valence-corrected chi connectivity index (χ2v) is 10.0. The van der Waals surface area contributed by atoms with Crippen LogP contribution in [0.1, 0.15) is 20.7 Å². The first-order valence-electron chi connectivity index (χ1n) is 10.9. The summed E-state index contributed by atoms with van der Waals surface area (Å²) in [6.07, 6.45) is 0.258. The maximum Gasteiger partial charge on any atom is 0.340 e. The van der Waals surface area contributed by atoms with E-state index in [2.05, 4.69) is 0 Å². The van der Waals surface area contributed by atoms with Crippen LogP contribution in [0.4, 0.5) is 5.69 Å². The van der Waals surface area contributed by atoms with E-state index in [0.29, 0.717) is 22.3 Å². The number of para-hydroxylation sites is 1. The summed E-state index contributed by atoms with van der Waals surface area (Å²) in [4.78, 5) is 26.1. The third kappa shape index (κ3) is 3.83. The van der Waals surface area contributed by atoms with E-state index in [1.807, 2.05) is 6.92 Å². The molecule has 1 atom stereocenters. The lowest BCUT2D eigenvalue weighted by Crippen LogP contribution is -2.48. The van der Waals surface area contributed by atoms with Gasteiger partial charge in [0.1, 0.15) is 5.75 Å². The van der Waals surface area contributed by atoms with Crippen molar-refractivity contribution in [1.82, 2.24) is 4.57 Å². The molecule has 4 aromatic rings. The molecule has 0 saturated carbocycles. The predicted octanol–water partition coefficient (Wildman–Crippen LogP) is 4.03. The number of aromatic nitrogens is 1. The van der Waals surface area contributed by atoms with Gasteiger partial charge in [0.05, 0.1) is 35.3 Å². The summed E-state index contributed by atoms with van der Waals surface area (Å²) in [5.74, 6) is -0.790. The minimum Gasteiger partial charge on any atom is -0.476 e. The van der Waals surface area contributed by atoms with E-state index >= 15 is 0 Å². The summed E-state index contributed by atoms with van der Waals surface area (Å²) in [5.41, 5.74) is 1.94. The number of ether oxygens (including phenoxy) is 2. The molecule has 0 bridgehead atoms. The Morgan fingerprint density at radius 3 is 2.46 bits per heavy atom. The van der Waals surface area contributed by atoms with Gasteiger partial charge < -0.3 is 9.47 Å². The second-order valence-electron chi connectivity index (χ2n) is 8.19. The highest BCUT2D eigenvalue weighted by Crippen LogP contribution is 2.38. The molecule has 0 spiro atoms. The van der Waals surface area contributed by atoms with Crippen LogP contribution in [0, 0.1) is 6.92 Å². The van der Waals surface area contributed by atoms with E-state index in [1.165, 1.54) is 34.3 Å². The molecule has 3 aromatic carbocycles. The fourth-order valence-corrected chi connectivity index (χ4v) is 5.72. The minimum atomic E-state index is -3.97. The van der Waals surface area contributed by atoms with E-state index in [0.717, 1.165) is 5.56 Å². The lowest BCUT2D eigenvalue weighted by Gasteiger charge is -2.35. The molecule has 1 aliphatic heterocycles. The molecule has 0 saturated heterocycles. The van der Waals surface area contributed by atoms with Gasteiger partial charge in [-0.3, -0.25) is 13.7 Å². The van der Waals surface area contributed by atoms with Gasteiger partial charge in [-0.25, -0.2) is 13.2 Å². The van der Waals surface area contributed by atoms with Crippen LogP contribution in [0.15, 0.2) is 83.9 Å². The minimum absolute atomic E-state index is 0.110. The van der Waals surface area contributed by atoms with Crippen molar-refractivity contribution in [3.05, 3.63) is 90.1 Å². The number of sulfonamides is 1. The van der Waals surface area contributed by atoms with Gasteiger partial charge in [0.25, 0.3) is 15.9 Å². The molecule has 9 heteroatoms. The quantitative estimate of drug-likeness (QED) is 0.401. The first-order chi connectivity index (χ1) is 16.8. The normalized spacial score (nSPS) is 15.4. The summed E-state index contributed by atoms with van der Waals surface area (Å²) in [6.45, 7) is 1.62. The van der Waals surface area contributed by atoms with E-state index in [1.54, 1.807) is 60.7 Å². The van der Waals surface area contributed by atoms with E-state index in [-0.39, 0.29) is 17.0 Å². The third-order valence-electron chi connectivity index (χ3n) is 5.95. The van der Waals surface area contributed by atoms with Crippen LogP contribution in [0.2, 0.25) is 0 Å². The number of esters is 1. The van der Waals surface area contributed by atoms with Gasteiger partial charge in [-0.2, -0.15) is 0 Å². The van der Waals surface area contributed by atoms with Crippen molar-refractivity contribution in [2.24, 2.45) is 0 Å². The fourth-order valence-electron chi connectivity index (χ4n) is 4.23. The van der Waals surface area contributed by atoms with Gasteiger partial charge in [-0.1, -0.05) is 42.5 Å². The van der Waals surface area contributed by atoms with Crippen molar-refractivity contribution in [3.63, 3.8) is 0 Å². The summed E-state index contributed by atoms with van der Waals surface area (Å²) in [5, 5.41) is 0.550. The summed E-state index contributed by atoms with van der Waals surface area (Å²) in [7, 11) is -2.70. The highest BCUT2D eigenvalue weighted by Gasteiger charge is 2.38. The number of carbonyl (C=O) groups excluding carboxylic acids is 2. The number of hydrogen-bond donors (Lipinski definition) is 0. The smallest absolute Gasteiger partial charge is 0.340 e. The van der Waals surface area contributed by atoms with Crippen molar-refractivity contribution in [2.45, 2.75) is 17.9 Å². The molecular weight excluding hydrogens is 468 g/mol. The van der Waals surface area contributed by atoms with Crippen LogP contribution in [0.25, 0.3) is 10.9 Å². The molecule has 0 N–H and O–H groups in total. The number of fused-ring (bicyclic) bond motifs is 2. The zero-order valence-corrected chi connectivity index (χ0v) is 19.9. The number of methoxy groups -OCH3 is 1. The van der Waals surface area contributed by atoms with Gasteiger partial charge >= 0.3 is 5.97 Å². The highest BCUT2D eigenvalue weighted by atomic mass is 32.2. The molecular formula is C26H22N2O6S. The van der Waals surface area contributed by atoms with Gasteiger partial charge in [0.15, 0.2) is 6.10 Å². The molecule has 1 aliphatic rings. The SMILES string of the molecule is COC(=O)c1cn(C(=O)C2CN(S(=O)(=O)c3ccccc3)c3ccc(C)cc3O2)c2ccccc12. The van der Waals surface area contributed by atoms with E-state index in [9.17, 15) is 18.0 Å².